The molecule has 0 saturated heterocycles. The van der Waals surface area contributed by atoms with Crippen LogP contribution in [0.25, 0.3) is 10.8 Å². The smallest absolute Gasteiger partial charge is 0.346 e. The van der Waals surface area contributed by atoms with Crippen LogP contribution in [-0.2, 0) is 14.9 Å². The molecule has 99 valence electrons. The number of cyclic esters (lactones) is 2. The van der Waals surface area contributed by atoms with E-state index in [0.29, 0.717) is 0 Å². The van der Waals surface area contributed by atoms with E-state index in [1.807, 2.05) is 0 Å². The summed E-state index contributed by atoms with van der Waals surface area (Å²) in [5, 5.41) is 0.293. The van der Waals surface area contributed by atoms with Crippen molar-refractivity contribution in [1.82, 2.24) is 0 Å². The average Bonchev–Trinajstić information content (AvgIpc) is 2.33. The van der Waals surface area contributed by atoms with Gasteiger partial charge in [-0.2, -0.15) is 8.42 Å². The minimum Gasteiger partial charge on any atom is -0.386 e. The minimum atomic E-state index is -4.45. The van der Waals surface area contributed by atoms with Crippen molar-refractivity contribution in [2.45, 2.75) is 4.90 Å². The van der Waals surface area contributed by atoms with Crippen molar-refractivity contribution >= 4 is 84.2 Å². The molecule has 0 unspecified atom stereocenters. The molecule has 0 aromatic heterocycles. The van der Waals surface area contributed by atoms with Gasteiger partial charge in [0.1, 0.15) is 4.90 Å². The maximum Gasteiger partial charge on any atom is 0.346 e. The van der Waals surface area contributed by atoms with E-state index in [4.69, 9.17) is 4.55 Å². The number of benzene rings is 2. The van der Waals surface area contributed by atoms with Gasteiger partial charge < -0.3 is 4.74 Å². The Morgan fingerprint density at radius 3 is 2.20 bits per heavy atom. The SMILES string of the molecule is O=C1OC(=O)c2ccc(S(=O)(=O)O)c3cccc1c23.[HH].[K]. The molecule has 0 bridgehead atoms. The molecule has 0 saturated carbocycles. The van der Waals surface area contributed by atoms with Crippen LogP contribution in [0.4, 0.5) is 0 Å². The topological polar surface area (TPSA) is 97.7 Å². The first-order valence-electron chi connectivity index (χ1n) is 5.19. The van der Waals surface area contributed by atoms with E-state index in [-0.39, 0.29) is 79.6 Å². The predicted octanol–water partition coefficient (Wildman–Crippen LogP) is 1.26. The Hall–Kier alpha value is -0.614. The summed E-state index contributed by atoms with van der Waals surface area (Å²) < 4.78 is 36.3. The van der Waals surface area contributed by atoms with Crippen LogP contribution >= 0.6 is 0 Å². The number of hydrogen-bond donors (Lipinski definition) is 1. The van der Waals surface area contributed by atoms with Crippen LogP contribution in [0.15, 0.2) is 35.2 Å². The summed E-state index contributed by atoms with van der Waals surface area (Å²) in [6, 6.07) is 6.61. The summed E-state index contributed by atoms with van der Waals surface area (Å²) in [7, 11) is -4.45. The first-order chi connectivity index (χ1) is 8.89. The van der Waals surface area contributed by atoms with Crippen LogP contribution in [-0.4, -0.2) is 76.3 Å². The Bertz CT molecular complexity index is 841. The predicted molar refractivity (Wildman–Crippen MR) is 71.4 cm³/mol. The van der Waals surface area contributed by atoms with Gasteiger partial charge in [0.15, 0.2) is 0 Å². The zero-order valence-corrected chi connectivity index (χ0v) is 14.2. The third kappa shape index (κ3) is 2.37. The van der Waals surface area contributed by atoms with E-state index in [1.54, 1.807) is 0 Å². The molecule has 0 atom stereocenters. The number of carbonyl (C=O) groups excluding carboxylic acids is 2. The minimum absolute atomic E-state index is 0. The first-order valence-corrected chi connectivity index (χ1v) is 6.63. The summed E-state index contributed by atoms with van der Waals surface area (Å²) in [6.45, 7) is 0. The van der Waals surface area contributed by atoms with Crippen LogP contribution < -0.4 is 0 Å². The van der Waals surface area contributed by atoms with Crippen molar-refractivity contribution in [2.24, 2.45) is 0 Å². The molecule has 0 aliphatic carbocycles. The third-order valence-electron chi connectivity index (χ3n) is 2.90. The van der Waals surface area contributed by atoms with Crippen molar-refractivity contribution in [2.75, 3.05) is 0 Å². The van der Waals surface area contributed by atoms with Gasteiger partial charge in [-0.1, -0.05) is 12.1 Å². The molecule has 20 heavy (non-hydrogen) atoms. The third-order valence-corrected chi connectivity index (χ3v) is 3.82. The normalized spacial score (nSPS) is 13.8. The molecule has 2 aromatic carbocycles. The Balaban J connectivity index is 0.00000110. The van der Waals surface area contributed by atoms with E-state index < -0.39 is 22.1 Å². The first kappa shape index (κ1) is 15.8. The van der Waals surface area contributed by atoms with Gasteiger partial charge in [-0.3, -0.25) is 4.55 Å². The second kappa shape index (κ2) is 5.30. The Kier molecular flexibility index (Phi) is 4.18. The summed E-state index contributed by atoms with van der Waals surface area (Å²) in [5.74, 6) is -1.67. The summed E-state index contributed by atoms with van der Waals surface area (Å²) in [6.07, 6.45) is 0. The maximum atomic E-state index is 11.6. The molecular weight excluding hydrogens is 311 g/mol. The van der Waals surface area contributed by atoms with Gasteiger partial charge in [0.05, 0.1) is 11.1 Å². The Labute approximate surface area is 157 Å². The number of carbonyl (C=O) groups is 2. The summed E-state index contributed by atoms with van der Waals surface area (Å²) >= 11 is 0. The van der Waals surface area contributed by atoms with Crippen molar-refractivity contribution in [3.8, 4) is 0 Å². The fourth-order valence-corrected chi connectivity index (χ4v) is 2.83. The van der Waals surface area contributed by atoms with Gasteiger partial charge in [-0.15, -0.1) is 0 Å². The molecule has 2 aromatic rings. The molecular formula is C12H8KO6S. The summed E-state index contributed by atoms with van der Waals surface area (Å²) in [5.41, 5.74) is 0.190. The molecule has 6 nitrogen and oxygen atoms in total. The number of rotatable bonds is 1. The van der Waals surface area contributed by atoms with Crippen molar-refractivity contribution < 1.29 is 28.7 Å². The fourth-order valence-electron chi connectivity index (χ4n) is 2.14. The van der Waals surface area contributed by atoms with Gasteiger partial charge in [0.25, 0.3) is 10.1 Å². The van der Waals surface area contributed by atoms with Crippen molar-refractivity contribution in [3.63, 3.8) is 0 Å². The van der Waals surface area contributed by atoms with Gasteiger partial charge in [-0.05, 0) is 18.2 Å². The van der Waals surface area contributed by atoms with Crippen LogP contribution in [0, 0.1) is 0 Å². The molecule has 0 fully saturated rings. The molecule has 1 N–H and O–H groups in total. The van der Waals surface area contributed by atoms with Crippen molar-refractivity contribution in [1.29, 1.82) is 0 Å². The molecule has 3 rings (SSSR count). The number of ether oxygens (including phenoxy) is 1. The van der Waals surface area contributed by atoms with E-state index in [9.17, 15) is 18.0 Å². The van der Waals surface area contributed by atoms with Crippen LogP contribution in [0.1, 0.15) is 22.1 Å². The molecule has 1 radical (unpaired) electrons. The van der Waals surface area contributed by atoms with E-state index >= 15 is 0 Å². The second-order valence-electron chi connectivity index (χ2n) is 3.99. The van der Waals surface area contributed by atoms with Crippen molar-refractivity contribution in [3.05, 3.63) is 41.5 Å². The molecule has 8 heteroatoms. The maximum absolute atomic E-state index is 11.6. The van der Waals surface area contributed by atoms with E-state index in [1.165, 1.54) is 24.3 Å². The van der Waals surface area contributed by atoms with Gasteiger partial charge in [0, 0.05) is 63.6 Å². The second-order valence-corrected chi connectivity index (χ2v) is 5.38. The molecule has 1 aliphatic heterocycles. The monoisotopic (exact) mass is 319 g/mol. The van der Waals surface area contributed by atoms with E-state index in [2.05, 4.69) is 4.74 Å². The Morgan fingerprint density at radius 1 is 1.00 bits per heavy atom. The van der Waals surface area contributed by atoms with Crippen LogP contribution in [0.2, 0.25) is 0 Å². The van der Waals surface area contributed by atoms with Crippen LogP contribution in [0.3, 0.4) is 0 Å². The zero-order chi connectivity index (χ0) is 13.8. The summed E-state index contributed by atoms with van der Waals surface area (Å²) in [4.78, 5) is 22.8. The van der Waals surface area contributed by atoms with Gasteiger partial charge in [-0.25, -0.2) is 9.59 Å². The molecule has 0 amide bonds. The quantitative estimate of drug-likeness (QED) is 0.368. The Morgan fingerprint density at radius 2 is 1.60 bits per heavy atom. The van der Waals surface area contributed by atoms with Gasteiger partial charge >= 0.3 is 11.9 Å². The molecule has 1 heterocycles. The van der Waals surface area contributed by atoms with E-state index in [0.717, 1.165) is 6.07 Å². The standard InChI is InChI=1S/C12H6O6S.K.H2/c13-11-7-3-1-2-6-9(19(15,16)17)5-4-8(10(6)7)12(14)18-11;;/h1-5H,(H,15,16,17);;1H. The number of esters is 2. The molecule has 0 spiro atoms. The largest absolute Gasteiger partial charge is 0.386 e. The number of hydrogen-bond acceptors (Lipinski definition) is 5. The fraction of sp³-hybridized carbons (Fsp3) is 0. The molecule has 1 aliphatic rings. The average molecular weight is 319 g/mol. The zero-order valence-electron chi connectivity index (χ0n) is 10.3. The van der Waals surface area contributed by atoms with Crippen LogP contribution in [0.5, 0.6) is 0 Å². The van der Waals surface area contributed by atoms with Gasteiger partial charge in [0.2, 0.25) is 0 Å².